The number of nitrogens with one attached hydrogen (secondary N) is 1. The van der Waals surface area contributed by atoms with E-state index in [1.807, 2.05) is 72.8 Å². The van der Waals surface area contributed by atoms with Crippen LogP contribution < -0.4 is 10.1 Å². The number of amides is 1. The molecule has 0 radical (unpaired) electrons. The molecular formula is C29H24ClNO4S. The van der Waals surface area contributed by atoms with Crippen LogP contribution in [-0.2, 0) is 17.8 Å². The summed E-state index contributed by atoms with van der Waals surface area (Å²) in [4.78, 5) is 25.5. The minimum absolute atomic E-state index is 0.122. The van der Waals surface area contributed by atoms with Crippen molar-refractivity contribution in [3.8, 4) is 5.75 Å². The zero-order valence-corrected chi connectivity index (χ0v) is 20.9. The van der Waals surface area contributed by atoms with E-state index in [-0.39, 0.29) is 17.9 Å². The summed E-state index contributed by atoms with van der Waals surface area (Å²) in [6, 6.07) is 29.9. The van der Waals surface area contributed by atoms with Gasteiger partial charge in [0.25, 0.3) is 0 Å². The van der Waals surface area contributed by atoms with Gasteiger partial charge in [0.2, 0.25) is 5.91 Å². The second kappa shape index (κ2) is 12.3. The number of aryl methyl sites for hydroxylation is 1. The second-order valence-electron chi connectivity index (χ2n) is 8.04. The van der Waals surface area contributed by atoms with Crippen molar-refractivity contribution in [1.82, 2.24) is 0 Å². The Labute approximate surface area is 219 Å². The van der Waals surface area contributed by atoms with Crippen molar-refractivity contribution in [3.63, 3.8) is 0 Å². The van der Waals surface area contributed by atoms with Crippen LogP contribution in [0.5, 0.6) is 5.75 Å². The number of carboxylic acid groups (broad SMARTS) is 1. The van der Waals surface area contributed by atoms with Crippen LogP contribution in [0.3, 0.4) is 0 Å². The monoisotopic (exact) mass is 517 g/mol. The van der Waals surface area contributed by atoms with Gasteiger partial charge in [-0.2, -0.15) is 0 Å². The number of hydrogen-bond acceptors (Lipinski definition) is 4. The summed E-state index contributed by atoms with van der Waals surface area (Å²) in [6.07, 6.45) is 0.696. The van der Waals surface area contributed by atoms with Crippen molar-refractivity contribution in [2.75, 3.05) is 5.32 Å². The van der Waals surface area contributed by atoms with E-state index in [4.69, 9.17) is 21.4 Å². The van der Waals surface area contributed by atoms with E-state index >= 15 is 0 Å². The van der Waals surface area contributed by atoms with Crippen molar-refractivity contribution in [2.45, 2.75) is 29.2 Å². The Kier molecular flexibility index (Phi) is 8.66. The topological polar surface area (TPSA) is 75.6 Å². The van der Waals surface area contributed by atoms with Gasteiger partial charge < -0.3 is 15.2 Å². The molecule has 0 unspecified atom stereocenters. The van der Waals surface area contributed by atoms with Gasteiger partial charge in [-0.25, -0.2) is 4.79 Å². The van der Waals surface area contributed by atoms with Gasteiger partial charge in [0, 0.05) is 26.9 Å². The number of rotatable bonds is 10. The maximum Gasteiger partial charge on any atom is 0.335 e. The molecule has 0 aliphatic rings. The minimum atomic E-state index is -1.04. The number of aromatic carboxylic acids is 1. The van der Waals surface area contributed by atoms with Crippen LogP contribution in [0.4, 0.5) is 5.69 Å². The van der Waals surface area contributed by atoms with Crippen molar-refractivity contribution in [2.24, 2.45) is 0 Å². The first-order chi connectivity index (χ1) is 17.5. The fourth-order valence-corrected chi connectivity index (χ4v) is 4.75. The fourth-order valence-electron chi connectivity index (χ4n) is 3.50. The third-order valence-electron chi connectivity index (χ3n) is 5.33. The first-order valence-corrected chi connectivity index (χ1v) is 12.5. The lowest BCUT2D eigenvalue weighted by Gasteiger charge is -2.10. The first kappa shape index (κ1) is 25.4. The lowest BCUT2D eigenvalue weighted by atomic mass is 10.1. The van der Waals surface area contributed by atoms with Crippen LogP contribution in [0.1, 0.15) is 27.9 Å². The average Bonchev–Trinajstić information content (AvgIpc) is 2.88. The molecule has 1 amide bonds. The lowest BCUT2D eigenvalue weighted by Crippen LogP contribution is -2.13. The predicted molar refractivity (Wildman–Crippen MR) is 143 cm³/mol. The Balaban J connectivity index is 1.31. The molecule has 0 saturated carbocycles. The van der Waals surface area contributed by atoms with Gasteiger partial charge in [0.1, 0.15) is 12.4 Å². The fraction of sp³-hybridized carbons (Fsp3) is 0.103. The number of ether oxygens (including phenoxy) is 1. The molecule has 0 spiro atoms. The van der Waals surface area contributed by atoms with E-state index in [0.29, 0.717) is 23.7 Å². The Morgan fingerprint density at radius 2 is 1.64 bits per heavy atom. The highest BCUT2D eigenvalue weighted by atomic mass is 35.5. The highest BCUT2D eigenvalue weighted by Gasteiger charge is 2.10. The molecule has 0 aromatic heterocycles. The number of carbonyl (C=O) groups is 2. The molecule has 36 heavy (non-hydrogen) atoms. The van der Waals surface area contributed by atoms with Crippen LogP contribution in [-0.4, -0.2) is 17.0 Å². The van der Waals surface area contributed by atoms with E-state index < -0.39 is 5.97 Å². The largest absolute Gasteiger partial charge is 0.489 e. The maximum atomic E-state index is 12.3. The van der Waals surface area contributed by atoms with Crippen molar-refractivity contribution < 1.29 is 19.4 Å². The van der Waals surface area contributed by atoms with Crippen molar-refractivity contribution in [3.05, 3.63) is 119 Å². The highest BCUT2D eigenvalue weighted by Crippen LogP contribution is 2.33. The standard InChI is InChI=1S/C29H24ClNO4S/c30-27-18-26(36-25-11-5-10-24(17-25)35-19-20-6-2-1-3-7-20)14-12-21(27)13-15-28(32)31-23-9-4-8-22(16-23)29(33)34/h1-12,14,16-18H,13,15,19H2,(H,31,32)(H,33,34). The number of carboxylic acids is 1. The molecule has 0 aliphatic heterocycles. The smallest absolute Gasteiger partial charge is 0.335 e. The van der Waals surface area contributed by atoms with E-state index in [1.54, 1.807) is 23.9 Å². The van der Waals surface area contributed by atoms with Gasteiger partial charge in [0.05, 0.1) is 5.56 Å². The summed E-state index contributed by atoms with van der Waals surface area (Å²) >= 11 is 8.09. The molecule has 4 aromatic rings. The van der Waals surface area contributed by atoms with Gasteiger partial charge in [-0.3, -0.25) is 4.79 Å². The van der Waals surface area contributed by atoms with E-state index in [1.165, 1.54) is 12.1 Å². The number of hydrogen-bond donors (Lipinski definition) is 2. The molecule has 2 N–H and O–H groups in total. The van der Waals surface area contributed by atoms with Crippen molar-refractivity contribution in [1.29, 1.82) is 0 Å². The Morgan fingerprint density at radius 1 is 0.861 bits per heavy atom. The predicted octanol–water partition coefficient (Wildman–Crippen LogP) is 7.34. The molecule has 5 nitrogen and oxygen atoms in total. The van der Waals surface area contributed by atoms with Crippen LogP contribution >= 0.6 is 23.4 Å². The van der Waals surface area contributed by atoms with Gasteiger partial charge in [-0.05, 0) is 66.1 Å². The van der Waals surface area contributed by atoms with E-state index in [9.17, 15) is 9.59 Å². The van der Waals surface area contributed by atoms with Crippen LogP contribution in [0.15, 0.2) is 107 Å². The molecule has 182 valence electrons. The summed E-state index contributed by atoms with van der Waals surface area (Å²) in [5, 5.41) is 12.4. The Hall–Kier alpha value is -3.74. The Bertz CT molecular complexity index is 1360. The van der Waals surface area contributed by atoms with Crippen molar-refractivity contribution >= 4 is 40.9 Å². The third-order valence-corrected chi connectivity index (χ3v) is 6.66. The quantitative estimate of drug-likeness (QED) is 0.230. The van der Waals surface area contributed by atoms with E-state index in [0.717, 1.165) is 26.7 Å². The molecule has 0 fully saturated rings. The molecular weight excluding hydrogens is 494 g/mol. The summed E-state index contributed by atoms with van der Waals surface area (Å²) < 4.78 is 5.92. The van der Waals surface area contributed by atoms with E-state index in [2.05, 4.69) is 5.32 Å². The summed E-state index contributed by atoms with van der Waals surface area (Å²) in [5.74, 6) is -0.451. The molecule has 0 aliphatic carbocycles. The SMILES string of the molecule is O=C(CCc1ccc(Sc2cccc(OCc3ccccc3)c2)cc1Cl)Nc1cccc(C(=O)O)c1. The summed E-state index contributed by atoms with van der Waals surface area (Å²) in [5.41, 5.74) is 2.56. The van der Waals surface area contributed by atoms with Crippen LogP contribution in [0.2, 0.25) is 5.02 Å². The molecule has 4 rings (SSSR count). The Morgan fingerprint density at radius 3 is 2.42 bits per heavy atom. The minimum Gasteiger partial charge on any atom is -0.489 e. The molecule has 4 aromatic carbocycles. The number of benzene rings is 4. The summed E-state index contributed by atoms with van der Waals surface area (Å²) in [7, 11) is 0. The number of halogens is 1. The normalized spacial score (nSPS) is 10.6. The van der Waals surface area contributed by atoms with Crippen LogP contribution in [0, 0.1) is 0 Å². The second-order valence-corrected chi connectivity index (χ2v) is 9.59. The zero-order valence-electron chi connectivity index (χ0n) is 19.3. The number of carbonyl (C=O) groups excluding carboxylic acids is 1. The van der Waals surface area contributed by atoms with Crippen LogP contribution in [0.25, 0.3) is 0 Å². The van der Waals surface area contributed by atoms with Gasteiger partial charge >= 0.3 is 5.97 Å². The zero-order chi connectivity index (χ0) is 25.3. The molecule has 0 bridgehead atoms. The molecule has 0 atom stereocenters. The van der Waals surface area contributed by atoms with Gasteiger partial charge in [-0.1, -0.05) is 71.9 Å². The molecule has 0 saturated heterocycles. The van der Waals surface area contributed by atoms with Gasteiger partial charge in [0.15, 0.2) is 0 Å². The molecule has 0 heterocycles. The maximum absolute atomic E-state index is 12.3. The lowest BCUT2D eigenvalue weighted by molar-refractivity contribution is -0.116. The summed E-state index contributed by atoms with van der Waals surface area (Å²) in [6.45, 7) is 0.508. The average molecular weight is 518 g/mol. The van der Waals surface area contributed by atoms with Gasteiger partial charge in [-0.15, -0.1) is 0 Å². The molecule has 7 heteroatoms. The first-order valence-electron chi connectivity index (χ1n) is 11.3. The third kappa shape index (κ3) is 7.38. The highest BCUT2D eigenvalue weighted by molar-refractivity contribution is 7.99. The number of anilines is 1.